The van der Waals surface area contributed by atoms with Crippen molar-refractivity contribution in [2.75, 3.05) is 13.7 Å². The maximum atomic E-state index is 13.2. The molecule has 0 bridgehead atoms. The van der Waals surface area contributed by atoms with Gasteiger partial charge in [-0.2, -0.15) is 13.2 Å². The first kappa shape index (κ1) is 16.9. The Morgan fingerprint density at radius 3 is 2.30 bits per heavy atom. The van der Waals surface area contributed by atoms with Crippen molar-refractivity contribution in [3.05, 3.63) is 53.6 Å². The zero-order chi connectivity index (χ0) is 17.0. The Hall–Kier alpha value is -2.50. The molecule has 0 saturated heterocycles. The van der Waals surface area contributed by atoms with Crippen LogP contribution >= 0.6 is 0 Å². The molecular weight excluding hydrogens is 309 g/mol. The topological polar surface area (TPSA) is 35.5 Å². The zero-order valence-electron chi connectivity index (χ0n) is 12.6. The largest absolute Gasteiger partial charge is 0.495 e. The maximum Gasteiger partial charge on any atom is 0.417 e. The van der Waals surface area contributed by atoms with Crippen LogP contribution in [0.5, 0.6) is 5.75 Å². The molecule has 122 valence electrons. The minimum Gasteiger partial charge on any atom is -0.495 e. The van der Waals surface area contributed by atoms with Crippen LogP contribution in [0.15, 0.2) is 42.5 Å². The molecular formula is C17H15F3O3. The summed E-state index contributed by atoms with van der Waals surface area (Å²) in [5.41, 5.74) is -0.572. The third-order valence-corrected chi connectivity index (χ3v) is 3.24. The molecule has 0 heterocycles. The highest BCUT2D eigenvalue weighted by molar-refractivity contribution is 5.96. The van der Waals surface area contributed by atoms with Crippen molar-refractivity contribution in [1.29, 1.82) is 0 Å². The molecule has 0 atom stereocenters. The molecule has 0 unspecified atom stereocenters. The van der Waals surface area contributed by atoms with Gasteiger partial charge in [0.05, 0.1) is 19.3 Å². The van der Waals surface area contributed by atoms with Gasteiger partial charge in [-0.25, -0.2) is 4.79 Å². The molecule has 0 fully saturated rings. The molecule has 2 aromatic carbocycles. The Labute approximate surface area is 131 Å². The zero-order valence-corrected chi connectivity index (χ0v) is 12.6. The summed E-state index contributed by atoms with van der Waals surface area (Å²) in [4.78, 5) is 12.0. The lowest BCUT2D eigenvalue weighted by molar-refractivity contribution is -0.137. The van der Waals surface area contributed by atoms with Crippen molar-refractivity contribution >= 4 is 5.97 Å². The van der Waals surface area contributed by atoms with Crippen molar-refractivity contribution < 1.29 is 27.4 Å². The molecule has 0 aromatic heterocycles. The van der Waals surface area contributed by atoms with Crippen LogP contribution < -0.4 is 4.74 Å². The number of hydrogen-bond acceptors (Lipinski definition) is 3. The Morgan fingerprint density at radius 2 is 1.70 bits per heavy atom. The van der Waals surface area contributed by atoms with Crippen molar-refractivity contribution in [1.82, 2.24) is 0 Å². The van der Waals surface area contributed by atoms with E-state index in [1.165, 1.54) is 43.5 Å². The first-order valence-electron chi connectivity index (χ1n) is 6.90. The van der Waals surface area contributed by atoms with Crippen LogP contribution in [-0.2, 0) is 10.9 Å². The van der Waals surface area contributed by atoms with Gasteiger partial charge in [0.2, 0.25) is 0 Å². The van der Waals surface area contributed by atoms with Crippen LogP contribution in [-0.4, -0.2) is 19.7 Å². The lowest BCUT2D eigenvalue weighted by atomic mass is 9.96. The summed E-state index contributed by atoms with van der Waals surface area (Å²) in [5.74, 6) is -0.585. The Kier molecular flexibility index (Phi) is 4.93. The molecule has 0 aliphatic rings. The number of esters is 1. The van der Waals surface area contributed by atoms with Crippen LogP contribution in [0.4, 0.5) is 13.2 Å². The van der Waals surface area contributed by atoms with E-state index in [0.29, 0.717) is 0 Å². The number of alkyl halides is 3. The summed E-state index contributed by atoms with van der Waals surface area (Å²) in [6.07, 6.45) is -4.51. The molecule has 2 aromatic rings. The highest BCUT2D eigenvalue weighted by Gasteiger charge is 2.34. The molecule has 0 radical (unpaired) electrons. The number of halogens is 3. The number of methoxy groups -OCH3 is 1. The number of carbonyl (C=O) groups is 1. The molecule has 0 N–H and O–H groups in total. The standard InChI is InChI=1S/C17H15F3O3/c1-3-23-16(21)13-9-6-8-12(15(13)22-2)11-7-4-5-10-14(11)17(18,19)20/h4-10H,3H2,1-2H3. The van der Waals surface area contributed by atoms with Crippen LogP contribution in [0, 0.1) is 0 Å². The SMILES string of the molecule is CCOC(=O)c1cccc(-c2ccccc2C(F)(F)F)c1OC. The lowest BCUT2D eigenvalue weighted by Gasteiger charge is -2.17. The molecule has 6 heteroatoms. The minimum absolute atomic E-state index is 0.0528. The van der Waals surface area contributed by atoms with E-state index >= 15 is 0 Å². The molecule has 23 heavy (non-hydrogen) atoms. The number of ether oxygens (including phenoxy) is 2. The maximum absolute atomic E-state index is 13.2. The van der Waals surface area contributed by atoms with Crippen molar-refractivity contribution in [2.24, 2.45) is 0 Å². The van der Waals surface area contributed by atoms with Crippen LogP contribution in [0.2, 0.25) is 0 Å². The van der Waals surface area contributed by atoms with Gasteiger partial charge in [0.1, 0.15) is 11.3 Å². The minimum atomic E-state index is -4.51. The Morgan fingerprint density at radius 1 is 1.04 bits per heavy atom. The number of hydrogen-bond donors (Lipinski definition) is 0. The summed E-state index contributed by atoms with van der Waals surface area (Å²) in [6, 6.07) is 9.58. The Balaban J connectivity index is 2.66. The average molecular weight is 324 g/mol. The molecule has 0 amide bonds. The van der Waals surface area contributed by atoms with E-state index in [0.717, 1.165) is 6.07 Å². The lowest BCUT2D eigenvalue weighted by Crippen LogP contribution is -2.10. The van der Waals surface area contributed by atoms with E-state index in [9.17, 15) is 18.0 Å². The fourth-order valence-electron chi connectivity index (χ4n) is 2.30. The summed E-state index contributed by atoms with van der Waals surface area (Å²) in [6.45, 7) is 1.80. The van der Waals surface area contributed by atoms with E-state index in [-0.39, 0.29) is 29.0 Å². The number of benzene rings is 2. The monoisotopic (exact) mass is 324 g/mol. The van der Waals surface area contributed by atoms with Gasteiger partial charge in [-0.3, -0.25) is 0 Å². The van der Waals surface area contributed by atoms with Gasteiger partial charge < -0.3 is 9.47 Å². The van der Waals surface area contributed by atoms with Crippen LogP contribution in [0.3, 0.4) is 0 Å². The van der Waals surface area contributed by atoms with Crippen molar-refractivity contribution in [3.8, 4) is 16.9 Å². The highest BCUT2D eigenvalue weighted by atomic mass is 19.4. The second-order valence-electron chi connectivity index (χ2n) is 4.65. The van der Waals surface area contributed by atoms with Gasteiger partial charge >= 0.3 is 12.1 Å². The molecule has 3 nitrogen and oxygen atoms in total. The van der Waals surface area contributed by atoms with E-state index in [1.807, 2.05) is 0 Å². The van der Waals surface area contributed by atoms with Gasteiger partial charge in [-0.05, 0) is 24.6 Å². The quantitative estimate of drug-likeness (QED) is 0.774. The number of para-hydroxylation sites is 1. The Bertz CT molecular complexity index is 708. The fourth-order valence-corrected chi connectivity index (χ4v) is 2.30. The predicted octanol–water partition coefficient (Wildman–Crippen LogP) is 4.56. The average Bonchev–Trinajstić information content (AvgIpc) is 2.53. The van der Waals surface area contributed by atoms with Gasteiger partial charge in [-0.1, -0.05) is 30.3 Å². The van der Waals surface area contributed by atoms with Crippen LogP contribution in [0.1, 0.15) is 22.8 Å². The number of carbonyl (C=O) groups excluding carboxylic acids is 1. The fraction of sp³-hybridized carbons (Fsp3) is 0.235. The highest BCUT2D eigenvalue weighted by Crippen LogP contribution is 2.41. The van der Waals surface area contributed by atoms with Gasteiger partial charge in [0, 0.05) is 5.56 Å². The van der Waals surface area contributed by atoms with E-state index in [1.54, 1.807) is 6.92 Å². The second kappa shape index (κ2) is 6.73. The molecule has 2 rings (SSSR count). The third kappa shape index (κ3) is 3.47. The smallest absolute Gasteiger partial charge is 0.417 e. The molecule has 0 aliphatic heterocycles. The van der Waals surface area contributed by atoms with E-state index in [2.05, 4.69) is 0 Å². The first-order chi connectivity index (χ1) is 10.9. The predicted molar refractivity (Wildman–Crippen MR) is 79.4 cm³/mol. The van der Waals surface area contributed by atoms with Crippen LogP contribution in [0.25, 0.3) is 11.1 Å². The van der Waals surface area contributed by atoms with Gasteiger partial charge in [0.15, 0.2) is 0 Å². The summed E-state index contributed by atoms with van der Waals surface area (Å²) >= 11 is 0. The number of rotatable bonds is 4. The van der Waals surface area contributed by atoms with Crippen molar-refractivity contribution in [2.45, 2.75) is 13.1 Å². The summed E-state index contributed by atoms with van der Waals surface area (Å²) < 4.78 is 49.8. The normalized spacial score (nSPS) is 11.2. The first-order valence-corrected chi connectivity index (χ1v) is 6.90. The molecule has 0 aliphatic carbocycles. The summed E-state index contributed by atoms with van der Waals surface area (Å²) in [7, 11) is 1.30. The van der Waals surface area contributed by atoms with Gasteiger partial charge in [-0.15, -0.1) is 0 Å². The van der Waals surface area contributed by atoms with E-state index < -0.39 is 17.7 Å². The van der Waals surface area contributed by atoms with Crippen molar-refractivity contribution in [3.63, 3.8) is 0 Å². The van der Waals surface area contributed by atoms with E-state index in [4.69, 9.17) is 9.47 Å². The molecule has 0 spiro atoms. The second-order valence-corrected chi connectivity index (χ2v) is 4.65. The molecule has 0 saturated carbocycles. The summed E-state index contributed by atoms with van der Waals surface area (Å²) in [5, 5.41) is 0. The van der Waals surface area contributed by atoms with Gasteiger partial charge in [0.25, 0.3) is 0 Å². The third-order valence-electron chi connectivity index (χ3n) is 3.24.